The first-order chi connectivity index (χ1) is 14.1. The Morgan fingerprint density at radius 2 is 1.41 bits per heavy atom. The Hall–Kier alpha value is -3.79. The van der Waals surface area contributed by atoms with Gasteiger partial charge in [-0.25, -0.2) is 0 Å². The minimum absolute atomic E-state index is 0.210. The molecule has 1 N–H and O–H groups in total. The second-order valence-electron chi connectivity index (χ2n) is 7.22. The smallest absolute Gasteiger partial charge is 0.323 e. The zero-order valence-electron chi connectivity index (χ0n) is 15.9. The molecule has 0 saturated heterocycles. The van der Waals surface area contributed by atoms with Gasteiger partial charge in [-0.1, -0.05) is 48.5 Å². The number of para-hydroxylation sites is 2. The summed E-state index contributed by atoms with van der Waals surface area (Å²) in [7, 11) is 2.01. The highest BCUT2D eigenvalue weighted by atomic mass is 16.5. The summed E-state index contributed by atoms with van der Waals surface area (Å²) in [4.78, 5) is 15.4. The van der Waals surface area contributed by atoms with Crippen molar-refractivity contribution in [2.45, 2.75) is 5.92 Å². The van der Waals surface area contributed by atoms with Crippen molar-refractivity contribution in [3.63, 3.8) is 0 Å². The van der Waals surface area contributed by atoms with Gasteiger partial charge in [0.2, 0.25) is 0 Å². The molecule has 4 aromatic carbocycles. The lowest BCUT2D eigenvalue weighted by molar-refractivity contribution is -0.135. The number of rotatable bonds is 2. The Kier molecular flexibility index (Phi) is 3.98. The number of hydrogen-bond acceptors (Lipinski definition) is 4. The molecule has 1 aliphatic heterocycles. The lowest BCUT2D eigenvalue weighted by atomic mass is 9.85. The standard InChI is InChI=1S/C25H19NO3/c1-26-22-8-4-2-6-20(22)24(21-7-3-5-9-23(21)26)25(28)29-19-13-11-16-14-18(27)12-10-17(16)15-19/h2-15,24,27H,1H3. The van der Waals surface area contributed by atoms with E-state index in [-0.39, 0.29) is 11.7 Å². The van der Waals surface area contributed by atoms with E-state index in [0.29, 0.717) is 5.75 Å². The van der Waals surface area contributed by atoms with Crippen molar-refractivity contribution in [2.24, 2.45) is 0 Å². The molecule has 0 saturated carbocycles. The minimum atomic E-state index is -0.492. The maximum absolute atomic E-state index is 13.3. The van der Waals surface area contributed by atoms with Crippen LogP contribution in [0.3, 0.4) is 0 Å². The van der Waals surface area contributed by atoms with Gasteiger partial charge in [-0.05, 0) is 58.3 Å². The molecule has 0 unspecified atom stereocenters. The third kappa shape index (κ3) is 2.90. The van der Waals surface area contributed by atoms with Gasteiger partial charge in [0.05, 0.1) is 0 Å². The fourth-order valence-corrected chi connectivity index (χ4v) is 4.08. The number of phenolic OH excluding ortho intramolecular Hbond substituents is 1. The number of anilines is 2. The van der Waals surface area contributed by atoms with Gasteiger partial charge in [0, 0.05) is 18.4 Å². The number of fused-ring (bicyclic) bond motifs is 3. The van der Waals surface area contributed by atoms with E-state index in [2.05, 4.69) is 4.90 Å². The number of benzene rings is 4. The molecule has 0 spiro atoms. The van der Waals surface area contributed by atoms with Crippen molar-refractivity contribution >= 4 is 28.1 Å². The van der Waals surface area contributed by atoms with Gasteiger partial charge in [-0.3, -0.25) is 4.79 Å². The van der Waals surface area contributed by atoms with Crippen LogP contribution >= 0.6 is 0 Å². The van der Waals surface area contributed by atoms with Crippen LogP contribution in [-0.2, 0) is 4.79 Å². The molecule has 0 aliphatic carbocycles. The van der Waals surface area contributed by atoms with Crippen LogP contribution in [0.5, 0.6) is 11.5 Å². The van der Waals surface area contributed by atoms with Crippen molar-refractivity contribution in [3.8, 4) is 11.5 Å². The molecule has 5 rings (SSSR count). The van der Waals surface area contributed by atoms with E-state index < -0.39 is 5.92 Å². The van der Waals surface area contributed by atoms with Crippen molar-refractivity contribution in [1.82, 2.24) is 0 Å². The number of carbonyl (C=O) groups is 1. The Labute approximate surface area is 168 Å². The number of carbonyl (C=O) groups excluding carboxylic acids is 1. The Morgan fingerprint density at radius 3 is 2.10 bits per heavy atom. The molecule has 0 atom stereocenters. The normalized spacial score (nSPS) is 13.1. The highest BCUT2D eigenvalue weighted by molar-refractivity contribution is 5.93. The number of nitrogens with zero attached hydrogens (tertiary/aromatic N) is 1. The largest absolute Gasteiger partial charge is 0.508 e. The van der Waals surface area contributed by atoms with Crippen LogP contribution in [0.2, 0.25) is 0 Å². The molecule has 142 valence electrons. The van der Waals surface area contributed by atoms with Gasteiger partial charge in [-0.15, -0.1) is 0 Å². The first-order valence-corrected chi connectivity index (χ1v) is 9.48. The zero-order valence-corrected chi connectivity index (χ0v) is 15.9. The SMILES string of the molecule is CN1c2ccccc2C(C(=O)Oc2ccc3cc(O)ccc3c2)c2ccccc21. The monoisotopic (exact) mass is 381 g/mol. The summed E-state index contributed by atoms with van der Waals surface area (Å²) in [5.41, 5.74) is 3.87. The van der Waals surface area contributed by atoms with Gasteiger partial charge in [0.25, 0.3) is 0 Å². The molecule has 0 fully saturated rings. The maximum atomic E-state index is 13.3. The van der Waals surface area contributed by atoms with E-state index in [4.69, 9.17) is 4.74 Å². The van der Waals surface area contributed by atoms with Crippen LogP contribution < -0.4 is 9.64 Å². The molecule has 1 aliphatic rings. The van der Waals surface area contributed by atoms with Crippen molar-refractivity contribution < 1.29 is 14.6 Å². The topological polar surface area (TPSA) is 49.8 Å². The minimum Gasteiger partial charge on any atom is -0.508 e. The third-order valence-electron chi connectivity index (χ3n) is 5.47. The number of hydrogen-bond donors (Lipinski definition) is 1. The molecule has 0 aromatic heterocycles. The van der Waals surface area contributed by atoms with Crippen LogP contribution in [-0.4, -0.2) is 18.1 Å². The summed E-state index contributed by atoms with van der Waals surface area (Å²) in [5, 5.41) is 11.4. The van der Waals surface area contributed by atoms with Crippen LogP contribution in [0, 0.1) is 0 Å². The lowest BCUT2D eigenvalue weighted by Gasteiger charge is -2.34. The van der Waals surface area contributed by atoms with Crippen molar-refractivity contribution in [1.29, 1.82) is 0 Å². The fourth-order valence-electron chi connectivity index (χ4n) is 4.08. The lowest BCUT2D eigenvalue weighted by Crippen LogP contribution is -2.28. The highest BCUT2D eigenvalue weighted by Crippen LogP contribution is 2.45. The van der Waals surface area contributed by atoms with Gasteiger partial charge in [0.15, 0.2) is 0 Å². The summed E-state index contributed by atoms with van der Waals surface area (Å²) in [5.74, 6) is -0.103. The number of phenols is 1. The zero-order chi connectivity index (χ0) is 20.0. The molecule has 0 bridgehead atoms. The molecular weight excluding hydrogens is 362 g/mol. The molecule has 1 heterocycles. The average molecular weight is 381 g/mol. The Morgan fingerprint density at radius 1 is 0.828 bits per heavy atom. The van der Waals surface area contributed by atoms with E-state index in [1.165, 1.54) is 0 Å². The molecule has 29 heavy (non-hydrogen) atoms. The van der Waals surface area contributed by atoms with Crippen LogP contribution in [0.1, 0.15) is 17.0 Å². The predicted molar refractivity (Wildman–Crippen MR) is 114 cm³/mol. The van der Waals surface area contributed by atoms with Crippen molar-refractivity contribution in [2.75, 3.05) is 11.9 Å². The summed E-state index contributed by atoms with van der Waals surface area (Å²) in [6.07, 6.45) is 0. The summed E-state index contributed by atoms with van der Waals surface area (Å²) >= 11 is 0. The molecule has 4 aromatic rings. The van der Waals surface area contributed by atoms with Crippen LogP contribution in [0.4, 0.5) is 11.4 Å². The van der Waals surface area contributed by atoms with E-state index in [9.17, 15) is 9.90 Å². The molecular formula is C25H19NO3. The van der Waals surface area contributed by atoms with Gasteiger partial charge in [0.1, 0.15) is 17.4 Å². The van der Waals surface area contributed by atoms with E-state index >= 15 is 0 Å². The summed E-state index contributed by atoms with van der Waals surface area (Å²) in [6.45, 7) is 0. The summed E-state index contributed by atoms with van der Waals surface area (Å²) < 4.78 is 5.82. The fraction of sp³-hybridized carbons (Fsp3) is 0.0800. The number of esters is 1. The molecule has 4 heteroatoms. The van der Waals surface area contributed by atoms with E-state index in [1.807, 2.05) is 73.8 Å². The maximum Gasteiger partial charge on any atom is 0.323 e. The highest BCUT2D eigenvalue weighted by Gasteiger charge is 2.34. The first kappa shape index (κ1) is 17.3. The van der Waals surface area contributed by atoms with Gasteiger partial charge in [-0.2, -0.15) is 0 Å². The van der Waals surface area contributed by atoms with Gasteiger partial charge >= 0.3 is 5.97 Å². The number of ether oxygens (including phenoxy) is 1. The Balaban J connectivity index is 1.55. The van der Waals surface area contributed by atoms with Crippen LogP contribution in [0.15, 0.2) is 84.9 Å². The van der Waals surface area contributed by atoms with E-state index in [0.717, 1.165) is 33.3 Å². The second-order valence-corrected chi connectivity index (χ2v) is 7.22. The summed E-state index contributed by atoms with van der Waals surface area (Å²) in [6, 6.07) is 26.4. The quantitative estimate of drug-likeness (QED) is 0.375. The molecule has 0 radical (unpaired) electrons. The number of aromatic hydroxyl groups is 1. The Bertz CT molecular complexity index is 1200. The van der Waals surface area contributed by atoms with E-state index in [1.54, 1.807) is 18.2 Å². The molecule has 0 amide bonds. The van der Waals surface area contributed by atoms with Gasteiger partial charge < -0.3 is 14.7 Å². The second kappa shape index (κ2) is 6.67. The molecule has 4 nitrogen and oxygen atoms in total. The average Bonchev–Trinajstić information content (AvgIpc) is 2.74. The van der Waals surface area contributed by atoms with Crippen LogP contribution in [0.25, 0.3) is 10.8 Å². The van der Waals surface area contributed by atoms with Crippen molar-refractivity contribution in [3.05, 3.63) is 96.1 Å². The predicted octanol–water partition coefficient (Wildman–Crippen LogP) is 5.36. The third-order valence-corrected chi connectivity index (χ3v) is 5.47. The first-order valence-electron chi connectivity index (χ1n) is 9.48.